The summed E-state index contributed by atoms with van der Waals surface area (Å²) in [4.78, 5) is 0. The van der Waals surface area contributed by atoms with Crippen molar-refractivity contribution < 1.29 is 4.74 Å². The lowest BCUT2D eigenvalue weighted by Gasteiger charge is -2.14. The number of halogens is 1. The number of rotatable bonds is 5. The van der Waals surface area contributed by atoms with Crippen molar-refractivity contribution in [3.63, 3.8) is 0 Å². The quantitative estimate of drug-likeness (QED) is 0.454. The Morgan fingerprint density at radius 2 is 1.44 bits per heavy atom. The summed E-state index contributed by atoms with van der Waals surface area (Å²) in [6.45, 7) is 17.5. The van der Waals surface area contributed by atoms with Gasteiger partial charge in [-0.15, -0.1) is 17.0 Å². The molecule has 0 heterocycles. The third-order valence-corrected chi connectivity index (χ3v) is 3.87. The molecule has 0 saturated carbocycles. The molecule has 0 aliphatic carbocycles. The van der Waals surface area contributed by atoms with Gasteiger partial charge in [-0.1, -0.05) is 65.3 Å². The Hall–Kier alpha value is -1.28. The zero-order chi connectivity index (χ0) is 18.5. The minimum Gasteiger partial charge on any atom is -0.494 e. The van der Waals surface area contributed by atoms with Crippen molar-refractivity contribution in [2.45, 2.75) is 68.2 Å². The number of unbranched alkanes of at least 4 members (excludes halogenated alkanes) is 1. The number of hydrogen-bond acceptors (Lipinski definition) is 1. The Kier molecular flexibility index (Phi) is 15.6. The van der Waals surface area contributed by atoms with E-state index in [-0.39, 0.29) is 17.0 Å². The Bertz CT molecular complexity index is 591. The summed E-state index contributed by atoms with van der Waals surface area (Å²) in [6.07, 6.45) is 2.27. The van der Waals surface area contributed by atoms with Crippen LogP contribution in [-0.2, 0) is 0 Å². The fraction of sp³-hybridized carbons (Fsp3) is 0.478. The number of benzene rings is 2. The SMILES string of the molecule is Br.CC.CC.CCCCOc1ccc(C)c(-c2cccc(C)c2C)c1. The van der Waals surface area contributed by atoms with Crippen LogP contribution in [0.25, 0.3) is 11.1 Å². The highest BCUT2D eigenvalue weighted by molar-refractivity contribution is 8.93. The molecule has 2 aromatic rings. The van der Waals surface area contributed by atoms with Gasteiger partial charge in [-0.25, -0.2) is 0 Å². The van der Waals surface area contributed by atoms with Crippen molar-refractivity contribution in [1.29, 1.82) is 0 Å². The zero-order valence-corrected chi connectivity index (χ0v) is 19.1. The van der Waals surface area contributed by atoms with Gasteiger partial charge in [0.1, 0.15) is 5.75 Å². The fourth-order valence-corrected chi connectivity index (χ4v) is 2.36. The minimum atomic E-state index is 0. The summed E-state index contributed by atoms with van der Waals surface area (Å²) in [5.74, 6) is 0.972. The predicted molar refractivity (Wildman–Crippen MR) is 120 cm³/mol. The minimum absolute atomic E-state index is 0. The van der Waals surface area contributed by atoms with Gasteiger partial charge in [-0.3, -0.25) is 0 Å². The normalized spacial score (nSPS) is 8.96. The molecule has 142 valence electrons. The van der Waals surface area contributed by atoms with Gasteiger partial charge in [-0.2, -0.15) is 0 Å². The van der Waals surface area contributed by atoms with E-state index in [9.17, 15) is 0 Å². The van der Waals surface area contributed by atoms with E-state index in [2.05, 4.69) is 64.1 Å². The summed E-state index contributed by atoms with van der Waals surface area (Å²) in [7, 11) is 0. The van der Waals surface area contributed by atoms with Crippen LogP contribution in [0.15, 0.2) is 36.4 Å². The van der Waals surface area contributed by atoms with Crippen molar-refractivity contribution in [2.24, 2.45) is 0 Å². The molecule has 0 N–H and O–H groups in total. The van der Waals surface area contributed by atoms with E-state index in [1.165, 1.54) is 27.8 Å². The maximum atomic E-state index is 5.83. The van der Waals surface area contributed by atoms with E-state index in [4.69, 9.17) is 4.74 Å². The number of aryl methyl sites for hydroxylation is 2. The molecule has 0 aliphatic heterocycles. The second-order valence-electron chi connectivity index (χ2n) is 5.43. The molecule has 0 unspecified atom stereocenters. The van der Waals surface area contributed by atoms with E-state index in [0.717, 1.165) is 25.2 Å². The summed E-state index contributed by atoms with van der Waals surface area (Å²) < 4.78 is 5.83. The predicted octanol–water partition coefficient (Wildman–Crippen LogP) is 8.09. The van der Waals surface area contributed by atoms with Crippen LogP contribution in [0, 0.1) is 20.8 Å². The Balaban J connectivity index is 0. The fourth-order valence-electron chi connectivity index (χ4n) is 2.36. The summed E-state index contributed by atoms with van der Waals surface area (Å²) in [6, 6.07) is 12.9. The first kappa shape index (κ1) is 26.0. The lowest BCUT2D eigenvalue weighted by Crippen LogP contribution is -1.97. The van der Waals surface area contributed by atoms with Gasteiger partial charge in [0.05, 0.1) is 6.61 Å². The van der Waals surface area contributed by atoms with Crippen molar-refractivity contribution >= 4 is 17.0 Å². The highest BCUT2D eigenvalue weighted by Gasteiger charge is 2.08. The average Bonchev–Trinajstić information content (AvgIpc) is 2.63. The second-order valence-corrected chi connectivity index (χ2v) is 5.43. The summed E-state index contributed by atoms with van der Waals surface area (Å²) in [5.41, 5.74) is 6.56. The molecular weight excluding hydrogens is 372 g/mol. The first-order chi connectivity index (χ1) is 11.6. The second kappa shape index (κ2) is 15.0. The third-order valence-electron chi connectivity index (χ3n) is 3.87. The molecule has 25 heavy (non-hydrogen) atoms. The van der Waals surface area contributed by atoms with E-state index >= 15 is 0 Å². The molecule has 2 heteroatoms. The number of ether oxygens (including phenoxy) is 1. The van der Waals surface area contributed by atoms with Crippen molar-refractivity contribution in [2.75, 3.05) is 6.61 Å². The molecule has 0 bridgehead atoms. The molecule has 0 saturated heterocycles. The van der Waals surface area contributed by atoms with Crippen molar-refractivity contribution in [3.05, 3.63) is 53.1 Å². The monoisotopic (exact) mass is 408 g/mol. The van der Waals surface area contributed by atoms with Gasteiger partial charge in [-0.05, 0) is 67.1 Å². The molecule has 2 aromatic carbocycles. The van der Waals surface area contributed by atoms with E-state index < -0.39 is 0 Å². The van der Waals surface area contributed by atoms with Crippen LogP contribution >= 0.6 is 17.0 Å². The van der Waals surface area contributed by atoms with E-state index in [1.807, 2.05) is 27.7 Å². The van der Waals surface area contributed by atoms with E-state index in [0.29, 0.717) is 0 Å². The molecule has 0 spiro atoms. The Morgan fingerprint density at radius 1 is 0.800 bits per heavy atom. The third kappa shape index (κ3) is 8.09. The molecule has 1 nitrogen and oxygen atoms in total. The molecule has 2 rings (SSSR count). The van der Waals surface area contributed by atoms with Crippen LogP contribution in [0.3, 0.4) is 0 Å². The molecule has 0 aliphatic rings. The topological polar surface area (TPSA) is 9.23 Å². The van der Waals surface area contributed by atoms with Crippen molar-refractivity contribution in [3.8, 4) is 16.9 Å². The zero-order valence-electron chi connectivity index (χ0n) is 17.4. The maximum Gasteiger partial charge on any atom is 0.119 e. The molecular formula is C23H37BrO. The largest absolute Gasteiger partial charge is 0.494 e. The lowest BCUT2D eigenvalue weighted by atomic mass is 9.94. The van der Waals surface area contributed by atoms with Gasteiger partial charge in [0.15, 0.2) is 0 Å². The smallest absolute Gasteiger partial charge is 0.119 e. The van der Waals surface area contributed by atoms with Gasteiger partial charge in [0, 0.05) is 0 Å². The van der Waals surface area contributed by atoms with Crippen LogP contribution in [0.4, 0.5) is 0 Å². The van der Waals surface area contributed by atoms with Gasteiger partial charge in [0.2, 0.25) is 0 Å². The standard InChI is InChI=1S/C19H24O.2C2H6.BrH/c1-5-6-12-20-17-11-10-15(3)19(13-17)18-9-7-8-14(2)16(18)4;2*1-2;/h7-11,13H,5-6,12H2,1-4H3;2*1-2H3;1H. The van der Waals surface area contributed by atoms with Gasteiger partial charge < -0.3 is 4.74 Å². The maximum absolute atomic E-state index is 5.83. The van der Waals surface area contributed by atoms with Crippen molar-refractivity contribution in [1.82, 2.24) is 0 Å². The van der Waals surface area contributed by atoms with Gasteiger partial charge in [0.25, 0.3) is 0 Å². The average molecular weight is 409 g/mol. The van der Waals surface area contributed by atoms with Crippen LogP contribution in [0.5, 0.6) is 5.75 Å². The molecule has 0 fully saturated rings. The highest BCUT2D eigenvalue weighted by Crippen LogP contribution is 2.31. The van der Waals surface area contributed by atoms with Crippen LogP contribution < -0.4 is 4.74 Å². The Morgan fingerprint density at radius 3 is 2.04 bits per heavy atom. The van der Waals surface area contributed by atoms with Crippen LogP contribution in [-0.4, -0.2) is 6.61 Å². The highest BCUT2D eigenvalue weighted by atomic mass is 79.9. The van der Waals surface area contributed by atoms with E-state index in [1.54, 1.807) is 0 Å². The first-order valence-corrected chi connectivity index (χ1v) is 9.43. The van der Waals surface area contributed by atoms with Gasteiger partial charge >= 0.3 is 0 Å². The van der Waals surface area contributed by atoms with Crippen LogP contribution in [0.1, 0.15) is 64.2 Å². The molecule has 0 amide bonds. The lowest BCUT2D eigenvalue weighted by molar-refractivity contribution is 0.309. The van der Waals surface area contributed by atoms with Crippen LogP contribution in [0.2, 0.25) is 0 Å². The number of hydrogen-bond donors (Lipinski definition) is 0. The first-order valence-electron chi connectivity index (χ1n) is 9.43. The Labute approximate surface area is 166 Å². The molecule has 0 radical (unpaired) electrons. The molecule has 0 aromatic heterocycles. The molecule has 0 atom stereocenters. The summed E-state index contributed by atoms with van der Waals surface area (Å²) in [5, 5.41) is 0. The summed E-state index contributed by atoms with van der Waals surface area (Å²) >= 11 is 0.